The second kappa shape index (κ2) is 7.45. The van der Waals surface area contributed by atoms with Crippen LogP contribution >= 0.6 is 0 Å². The molecule has 0 bridgehead atoms. The lowest BCUT2D eigenvalue weighted by atomic mass is 9.87. The molecule has 0 saturated heterocycles. The van der Waals surface area contributed by atoms with E-state index in [1.807, 2.05) is 6.07 Å². The van der Waals surface area contributed by atoms with Gasteiger partial charge in [0.2, 0.25) is 0 Å². The summed E-state index contributed by atoms with van der Waals surface area (Å²) >= 11 is 0. The van der Waals surface area contributed by atoms with Crippen molar-refractivity contribution in [3.05, 3.63) is 83.6 Å². The predicted octanol–water partition coefficient (Wildman–Crippen LogP) is 8.24. The van der Waals surface area contributed by atoms with E-state index in [9.17, 15) is 0 Å². The predicted molar refractivity (Wildman–Crippen MR) is 147 cm³/mol. The lowest BCUT2D eigenvalue weighted by Gasteiger charge is -2.19. The van der Waals surface area contributed by atoms with Crippen LogP contribution in [0.15, 0.2) is 71.3 Å². The average Bonchev–Trinajstić information content (AvgIpc) is 3.35. The van der Waals surface area contributed by atoms with Gasteiger partial charge in [0.15, 0.2) is 0 Å². The normalized spacial score (nSPS) is 12.7. The molecule has 3 heteroatoms. The fourth-order valence-electron chi connectivity index (χ4n) is 5.66. The molecule has 0 aliphatic carbocycles. The van der Waals surface area contributed by atoms with Gasteiger partial charge in [-0.2, -0.15) is 4.57 Å². The molecule has 6 rings (SSSR count). The zero-order valence-electron chi connectivity index (χ0n) is 21.7. The molecule has 3 aromatic heterocycles. The number of benzene rings is 3. The highest BCUT2D eigenvalue weighted by atomic mass is 16.3. The Morgan fingerprint density at radius 2 is 1.63 bits per heavy atom. The third-order valence-corrected chi connectivity index (χ3v) is 7.57. The lowest BCUT2D eigenvalue weighted by Crippen LogP contribution is -2.34. The second-order valence-corrected chi connectivity index (χ2v) is 11.2. The maximum Gasteiger partial charge on any atom is 0.287 e. The summed E-state index contributed by atoms with van der Waals surface area (Å²) in [6.07, 6.45) is 2.19. The van der Waals surface area contributed by atoms with Crippen molar-refractivity contribution in [2.45, 2.75) is 52.9 Å². The van der Waals surface area contributed by atoms with Crippen LogP contribution in [0, 0.1) is 6.92 Å². The van der Waals surface area contributed by atoms with Gasteiger partial charge in [-0.05, 0) is 59.7 Å². The van der Waals surface area contributed by atoms with Gasteiger partial charge >= 0.3 is 0 Å². The van der Waals surface area contributed by atoms with Gasteiger partial charge in [0.05, 0.1) is 18.6 Å². The van der Waals surface area contributed by atoms with E-state index in [-0.39, 0.29) is 5.41 Å². The number of fused-ring (bicyclic) bond motifs is 7. The van der Waals surface area contributed by atoms with Crippen molar-refractivity contribution in [1.82, 2.24) is 4.57 Å². The van der Waals surface area contributed by atoms with E-state index < -0.39 is 0 Å². The Hall–Kier alpha value is -3.59. The summed E-state index contributed by atoms with van der Waals surface area (Å²) in [7, 11) is 2.14. The fourth-order valence-corrected chi connectivity index (χ4v) is 5.66. The van der Waals surface area contributed by atoms with E-state index >= 15 is 0 Å². The first kappa shape index (κ1) is 21.9. The van der Waals surface area contributed by atoms with Crippen molar-refractivity contribution < 1.29 is 8.98 Å². The molecule has 3 nitrogen and oxygen atoms in total. The van der Waals surface area contributed by atoms with Crippen molar-refractivity contribution in [2.24, 2.45) is 7.05 Å². The van der Waals surface area contributed by atoms with Crippen LogP contribution in [0.3, 0.4) is 0 Å². The zero-order chi connectivity index (χ0) is 24.6. The van der Waals surface area contributed by atoms with Crippen LogP contribution in [0.4, 0.5) is 0 Å². The van der Waals surface area contributed by atoms with E-state index in [4.69, 9.17) is 4.42 Å². The molecule has 6 aromatic rings. The zero-order valence-corrected chi connectivity index (χ0v) is 21.7. The molecule has 0 aliphatic rings. The molecule has 0 amide bonds. The van der Waals surface area contributed by atoms with Crippen LogP contribution < -0.4 is 4.57 Å². The van der Waals surface area contributed by atoms with Gasteiger partial charge in [0, 0.05) is 27.8 Å². The Balaban J connectivity index is 1.85. The number of rotatable bonds is 2. The molecular formula is C32H33N2O+. The van der Waals surface area contributed by atoms with Gasteiger partial charge in [0.25, 0.3) is 5.82 Å². The van der Waals surface area contributed by atoms with Crippen molar-refractivity contribution >= 4 is 43.7 Å². The average molecular weight is 462 g/mol. The van der Waals surface area contributed by atoms with Crippen LogP contribution in [0.1, 0.15) is 57.2 Å². The Morgan fingerprint density at radius 1 is 0.886 bits per heavy atom. The molecule has 0 atom stereocenters. The van der Waals surface area contributed by atoms with Gasteiger partial charge < -0.3 is 4.42 Å². The minimum Gasteiger partial charge on any atom is -0.455 e. The van der Waals surface area contributed by atoms with Crippen molar-refractivity contribution in [1.29, 1.82) is 0 Å². The van der Waals surface area contributed by atoms with Gasteiger partial charge in [-0.25, -0.2) is 4.57 Å². The summed E-state index contributed by atoms with van der Waals surface area (Å²) in [5.41, 5.74) is 8.45. The van der Waals surface area contributed by atoms with Gasteiger partial charge in [-0.15, -0.1) is 0 Å². The number of para-hydroxylation sites is 1. The third-order valence-electron chi connectivity index (χ3n) is 7.57. The molecule has 0 spiro atoms. The summed E-state index contributed by atoms with van der Waals surface area (Å²) < 4.78 is 11.2. The molecule has 35 heavy (non-hydrogen) atoms. The van der Waals surface area contributed by atoms with Crippen LogP contribution in [0.2, 0.25) is 0 Å². The minimum atomic E-state index is 0.0614. The van der Waals surface area contributed by atoms with E-state index in [1.54, 1.807) is 0 Å². The molecule has 0 aliphatic heterocycles. The third kappa shape index (κ3) is 3.14. The molecule has 0 unspecified atom stereocenters. The maximum absolute atomic E-state index is 6.53. The molecule has 0 fully saturated rings. The van der Waals surface area contributed by atoms with Gasteiger partial charge in [-0.1, -0.05) is 58.9 Å². The molecule has 0 saturated carbocycles. The standard InChI is InChI=1S/C32H33N2O/c1-19(2)22-12-13-25-29-26(15-14-24-23-10-8-9-11-27(23)35-31(24)29)34(30(25)20(22)3)28-18-21(32(4,5)6)16-17-33(28)7/h8-19H,1-7H3/q+1. The minimum absolute atomic E-state index is 0.0614. The monoisotopic (exact) mass is 461 g/mol. The Labute approximate surface area is 206 Å². The fraction of sp³-hybridized carbons (Fsp3) is 0.281. The molecule has 0 radical (unpaired) electrons. The van der Waals surface area contributed by atoms with Crippen molar-refractivity contribution in [3.8, 4) is 5.82 Å². The highest BCUT2D eigenvalue weighted by molar-refractivity contribution is 6.24. The molecule has 3 heterocycles. The van der Waals surface area contributed by atoms with Crippen LogP contribution in [0.25, 0.3) is 49.6 Å². The van der Waals surface area contributed by atoms with Gasteiger partial charge in [-0.3, -0.25) is 0 Å². The molecule has 0 N–H and O–H groups in total. The van der Waals surface area contributed by atoms with Crippen LogP contribution in [-0.2, 0) is 12.5 Å². The number of nitrogens with zero attached hydrogens (tertiary/aromatic N) is 2. The topological polar surface area (TPSA) is 21.9 Å². The summed E-state index contributed by atoms with van der Waals surface area (Å²) in [5.74, 6) is 1.61. The van der Waals surface area contributed by atoms with Crippen LogP contribution in [-0.4, -0.2) is 4.57 Å². The summed E-state index contributed by atoms with van der Waals surface area (Å²) in [4.78, 5) is 0. The first-order valence-corrected chi connectivity index (χ1v) is 12.5. The second-order valence-electron chi connectivity index (χ2n) is 11.2. The smallest absolute Gasteiger partial charge is 0.287 e. The summed E-state index contributed by atoms with van der Waals surface area (Å²) in [5, 5.41) is 4.77. The first-order valence-electron chi connectivity index (χ1n) is 12.5. The van der Waals surface area contributed by atoms with Crippen molar-refractivity contribution in [2.75, 3.05) is 0 Å². The van der Waals surface area contributed by atoms with Gasteiger partial charge in [0.1, 0.15) is 22.2 Å². The van der Waals surface area contributed by atoms with E-state index in [0.717, 1.165) is 17.0 Å². The molecule has 176 valence electrons. The molecule has 3 aromatic carbocycles. The summed E-state index contributed by atoms with van der Waals surface area (Å²) in [6.45, 7) is 13.7. The summed E-state index contributed by atoms with van der Waals surface area (Å²) in [6, 6.07) is 22.0. The van der Waals surface area contributed by atoms with Crippen molar-refractivity contribution in [3.63, 3.8) is 0 Å². The number of aromatic nitrogens is 2. The largest absolute Gasteiger partial charge is 0.455 e. The lowest BCUT2D eigenvalue weighted by molar-refractivity contribution is -0.665. The SMILES string of the molecule is Cc1c(C(C)C)ccc2c3c4oc5ccccc5c4ccc3n(-c3cc(C(C)(C)C)cc[n+]3C)c12. The maximum atomic E-state index is 6.53. The number of furan rings is 1. The first-order chi connectivity index (χ1) is 16.7. The van der Waals surface area contributed by atoms with E-state index in [2.05, 4.69) is 119 Å². The Bertz CT molecular complexity index is 1770. The molecular weight excluding hydrogens is 428 g/mol. The highest BCUT2D eigenvalue weighted by Gasteiger charge is 2.28. The highest BCUT2D eigenvalue weighted by Crippen LogP contribution is 2.42. The number of pyridine rings is 1. The van der Waals surface area contributed by atoms with E-state index in [0.29, 0.717) is 5.92 Å². The number of hydrogen-bond acceptors (Lipinski definition) is 1. The Kier molecular flexibility index (Phi) is 4.67. The number of hydrogen-bond donors (Lipinski definition) is 0. The van der Waals surface area contributed by atoms with Crippen LogP contribution in [0.5, 0.6) is 0 Å². The number of aryl methyl sites for hydroxylation is 2. The Morgan fingerprint density at radius 3 is 2.37 bits per heavy atom. The van der Waals surface area contributed by atoms with E-state index in [1.165, 1.54) is 49.3 Å². The quantitative estimate of drug-likeness (QED) is 0.238.